The van der Waals surface area contributed by atoms with Crippen LogP contribution in [0.3, 0.4) is 0 Å². The van der Waals surface area contributed by atoms with Gasteiger partial charge in [-0.25, -0.2) is 4.79 Å². The molecule has 2 aromatic rings. The van der Waals surface area contributed by atoms with Gasteiger partial charge in [-0.15, -0.1) is 0 Å². The lowest BCUT2D eigenvalue weighted by Gasteiger charge is -2.48. The standard InChI is InChI=1S/C26H35N3O4/c1-28(2)26(21-6-5-7-23(16-21)33-19-31-3)14-12-25(13-15-26)18-29(24(30)27-25)17-20-8-10-22(32-4)11-9-20/h5-11,16H,12-15,17-19H2,1-4H3,(H,27,30)/t25-,26-. The van der Waals surface area contributed by atoms with Crippen molar-refractivity contribution >= 4 is 6.03 Å². The molecule has 4 rings (SSSR count). The van der Waals surface area contributed by atoms with E-state index in [2.05, 4.69) is 36.4 Å². The van der Waals surface area contributed by atoms with E-state index >= 15 is 0 Å². The zero-order valence-electron chi connectivity index (χ0n) is 20.1. The van der Waals surface area contributed by atoms with Gasteiger partial charge in [-0.2, -0.15) is 0 Å². The maximum atomic E-state index is 12.8. The number of hydrogen-bond acceptors (Lipinski definition) is 5. The molecule has 7 heteroatoms. The normalized spacial score (nSPS) is 24.9. The fourth-order valence-electron chi connectivity index (χ4n) is 5.28. The molecule has 1 N–H and O–H groups in total. The Morgan fingerprint density at radius 1 is 1.00 bits per heavy atom. The van der Waals surface area contributed by atoms with Crippen molar-refractivity contribution in [1.82, 2.24) is 15.1 Å². The van der Waals surface area contributed by atoms with Crippen molar-refractivity contribution in [3.8, 4) is 11.5 Å². The summed E-state index contributed by atoms with van der Waals surface area (Å²) in [5.41, 5.74) is 2.09. The van der Waals surface area contributed by atoms with Crippen LogP contribution in [-0.2, 0) is 16.8 Å². The van der Waals surface area contributed by atoms with E-state index in [0.717, 1.165) is 49.3 Å². The van der Waals surface area contributed by atoms with Gasteiger partial charge in [0.1, 0.15) is 11.5 Å². The smallest absolute Gasteiger partial charge is 0.318 e. The molecular weight excluding hydrogens is 418 g/mol. The van der Waals surface area contributed by atoms with Crippen molar-refractivity contribution in [2.45, 2.75) is 43.3 Å². The maximum absolute atomic E-state index is 12.8. The SMILES string of the molecule is COCOc1cccc([C@]2(N(C)C)CC[C@]3(CC2)CN(Cc2ccc(OC)cc2)C(=O)N3)c1. The molecule has 1 saturated carbocycles. The van der Waals surface area contributed by atoms with Gasteiger partial charge in [-0.3, -0.25) is 4.90 Å². The quantitative estimate of drug-likeness (QED) is 0.613. The molecule has 33 heavy (non-hydrogen) atoms. The van der Waals surface area contributed by atoms with Gasteiger partial charge < -0.3 is 24.4 Å². The Kier molecular flexibility index (Phi) is 6.81. The molecule has 2 amide bonds. The Morgan fingerprint density at radius 2 is 1.73 bits per heavy atom. The minimum atomic E-state index is -0.173. The highest BCUT2D eigenvalue weighted by Gasteiger charge is 2.50. The number of nitrogens with one attached hydrogen (secondary N) is 1. The molecule has 0 aromatic heterocycles. The molecule has 0 bridgehead atoms. The predicted octanol–water partition coefficient (Wildman–Crippen LogP) is 3.97. The van der Waals surface area contributed by atoms with Crippen LogP contribution < -0.4 is 14.8 Å². The number of carbonyl (C=O) groups is 1. The monoisotopic (exact) mass is 453 g/mol. The highest BCUT2D eigenvalue weighted by molar-refractivity contribution is 5.78. The van der Waals surface area contributed by atoms with Crippen LogP contribution in [0.5, 0.6) is 11.5 Å². The van der Waals surface area contributed by atoms with Gasteiger partial charge in [0, 0.05) is 25.7 Å². The summed E-state index contributed by atoms with van der Waals surface area (Å²) in [6, 6.07) is 16.3. The molecule has 2 aromatic carbocycles. The summed E-state index contributed by atoms with van der Waals surface area (Å²) in [7, 11) is 7.57. The van der Waals surface area contributed by atoms with Crippen LogP contribution in [0.25, 0.3) is 0 Å². The minimum absolute atomic E-state index is 0.0261. The van der Waals surface area contributed by atoms with Crippen LogP contribution in [0, 0.1) is 0 Å². The topological polar surface area (TPSA) is 63.3 Å². The van der Waals surface area contributed by atoms with Gasteiger partial charge in [0.15, 0.2) is 6.79 Å². The first-order valence-corrected chi connectivity index (χ1v) is 11.5. The summed E-state index contributed by atoms with van der Waals surface area (Å²) >= 11 is 0. The van der Waals surface area contributed by atoms with Gasteiger partial charge >= 0.3 is 6.03 Å². The van der Waals surface area contributed by atoms with E-state index in [1.165, 1.54) is 5.56 Å². The third kappa shape index (κ3) is 4.80. The number of rotatable bonds is 8. The molecule has 178 valence electrons. The number of benzene rings is 2. The second-order valence-corrected chi connectivity index (χ2v) is 9.42. The lowest BCUT2D eigenvalue weighted by atomic mass is 9.69. The van der Waals surface area contributed by atoms with Crippen LogP contribution in [0.4, 0.5) is 4.79 Å². The summed E-state index contributed by atoms with van der Waals surface area (Å²) < 4.78 is 16.0. The molecule has 1 heterocycles. The van der Waals surface area contributed by atoms with E-state index in [1.807, 2.05) is 41.3 Å². The Labute approximate surface area is 196 Å². The van der Waals surface area contributed by atoms with Crippen molar-refractivity contribution in [2.24, 2.45) is 0 Å². The van der Waals surface area contributed by atoms with Crippen molar-refractivity contribution < 1.29 is 19.0 Å². The van der Waals surface area contributed by atoms with Gasteiger partial charge in [0.2, 0.25) is 0 Å². The summed E-state index contributed by atoms with van der Waals surface area (Å²) in [5, 5.41) is 3.33. The zero-order chi connectivity index (χ0) is 23.5. The maximum Gasteiger partial charge on any atom is 0.318 e. The summed E-state index contributed by atoms with van der Waals surface area (Å²) in [4.78, 5) is 17.1. The van der Waals surface area contributed by atoms with E-state index in [9.17, 15) is 4.79 Å². The van der Waals surface area contributed by atoms with Crippen LogP contribution in [0.1, 0.15) is 36.8 Å². The molecular formula is C26H35N3O4. The number of nitrogens with zero attached hydrogens (tertiary/aromatic N) is 2. The Balaban J connectivity index is 1.46. The van der Waals surface area contributed by atoms with Crippen LogP contribution >= 0.6 is 0 Å². The molecule has 1 saturated heterocycles. The van der Waals surface area contributed by atoms with Gasteiger partial charge in [0.25, 0.3) is 0 Å². The molecule has 1 aliphatic carbocycles. The fourth-order valence-corrected chi connectivity index (χ4v) is 5.28. The van der Waals surface area contributed by atoms with Gasteiger partial charge in [-0.1, -0.05) is 24.3 Å². The predicted molar refractivity (Wildman–Crippen MR) is 127 cm³/mol. The van der Waals surface area contributed by atoms with Crippen LogP contribution in [0.15, 0.2) is 48.5 Å². The molecule has 2 aliphatic rings. The minimum Gasteiger partial charge on any atom is -0.497 e. The van der Waals surface area contributed by atoms with E-state index < -0.39 is 0 Å². The zero-order valence-corrected chi connectivity index (χ0v) is 20.1. The molecule has 0 atom stereocenters. The second-order valence-electron chi connectivity index (χ2n) is 9.42. The van der Waals surface area contributed by atoms with Crippen molar-refractivity contribution in [3.05, 3.63) is 59.7 Å². The molecule has 1 aliphatic heterocycles. The Morgan fingerprint density at radius 3 is 2.36 bits per heavy atom. The number of urea groups is 1. The van der Waals surface area contributed by atoms with Crippen LogP contribution in [0.2, 0.25) is 0 Å². The van der Waals surface area contributed by atoms with E-state index in [-0.39, 0.29) is 23.9 Å². The summed E-state index contributed by atoms with van der Waals surface area (Å²) in [5.74, 6) is 1.64. The third-order valence-corrected chi connectivity index (χ3v) is 7.29. The first kappa shape index (κ1) is 23.4. The molecule has 1 spiro atoms. The van der Waals surface area contributed by atoms with Crippen molar-refractivity contribution in [2.75, 3.05) is 41.7 Å². The molecule has 0 radical (unpaired) electrons. The Bertz CT molecular complexity index is 952. The number of carbonyl (C=O) groups excluding carboxylic acids is 1. The number of methoxy groups -OCH3 is 2. The van der Waals surface area contributed by atoms with Gasteiger partial charge in [0.05, 0.1) is 12.6 Å². The second kappa shape index (κ2) is 9.61. The first-order valence-electron chi connectivity index (χ1n) is 11.5. The Hall–Kier alpha value is -2.77. The van der Waals surface area contributed by atoms with Crippen LogP contribution in [-0.4, -0.2) is 63.0 Å². The van der Waals surface area contributed by atoms with Gasteiger partial charge in [-0.05, 0) is 75.2 Å². The first-order chi connectivity index (χ1) is 15.9. The molecule has 7 nitrogen and oxygen atoms in total. The van der Waals surface area contributed by atoms with E-state index in [4.69, 9.17) is 14.2 Å². The fraction of sp³-hybridized carbons (Fsp3) is 0.500. The summed E-state index contributed by atoms with van der Waals surface area (Å²) in [6.45, 7) is 1.57. The number of hydrogen-bond donors (Lipinski definition) is 1. The highest BCUT2D eigenvalue weighted by Crippen LogP contribution is 2.46. The van der Waals surface area contributed by atoms with E-state index in [1.54, 1.807) is 14.2 Å². The van der Waals surface area contributed by atoms with E-state index in [0.29, 0.717) is 6.54 Å². The summed E-state index contributed by atoms with van der Waals surface area (Å²) in [6.07, 6.45) is 3.78. The largest absolute Gasteiger partial charge is 0.497 e. The number of ether oxygens (including phenoxy) is 3. The van der Waals surface area contributed by atoms with Crippen molar-refractivity contribution in [1.29, 1.82) is 0 Å². The van der Waals surface area contributed by atoms with Crippen molar-refractivity contribution in [3.63, 3.8) is 0 Å². The average molecular weight is 454 g/mol. The highest BCUT2D eigenvalue weighted by atomic mass is 16.7. The molecule has 2 fully saturated rings. The third-order valence-electron chi connectivity index (χ3n) is 7.29. The number of amides is 2. The lowest BCUT2D eigenvalue weighted by molar-refractivity contribution is 0.0488. The average Bonchev–Trinajstić information content (AvgIpc) is 3.13. The molecule has 0 unspecified atom stereocenters. The lowest BCUT2D eigenvalue weighted by Crippen LogP contribution is -2.54.